The zero-order valence-corrected chi connectivity index (χ0v) is 22.5. The summed E-state index contributed by atoms with van der Waals surface area (Å²) < 4.78 is 44.1. The Morgan fingerprint density at radius 1 is 0.875 bits per heavy atom. The molecule has 216 valence electrons. The van der Waals surface area contributed by atoms with E-state index in [4.69, 9.17) is 4.74 Å². The molecule has 2 amide bonds. The Morgan fingerprint density at radius 2 is 1.52 bits per heavy atom. The first kappa shape index (κ1) is 28.2. The minimum Gasteiger partial charge on any atom is -0.378 e. The van der Waals surface area contributed by atoms with Gasteiger partial charge in [0.1, 0.15) is 0 Å². The number of anilines is 2. The molecular weight excluding hydrogens is 523 g/mol. The van der Waals surface area contributed by atoms with Gasteiger partial charge >= 0.3 is 6.18 Å². The molecule has 0 radical (unpaired) electrons. The SMILES string of the molecule is O=C(CNC(=O)c1cccc(C(F)(F)F)c1)N[C@@H]1CCN(C2CCN(c3ccc(N4CCOCC4)cc3)CC2)C1. The molecular formula is C29H36F3N5O3. The number of piperidine rings is 1. The number of ether oxygens (including phenoxy) is 1. The Hall–Kier alpha value is -3.31. The molecule has 2 N–H and O–H groups in total. The Morgan fingerprint density at radius 3 is 2.17 bits per heavy atom. The van der Waals surface area contributed by atoms with Crippen LogP contribution in [0.25, 0.3) is 0 Å². The largest absolute Gasteiger partial charge is 0.416 e. The average Bonchev–Trinajstić information content (AvgIpc) is 3.44. The monoisotopic (exact) mass is 559 g/mol. The number of nitrogens with zero attached hydrogens (tertiary/aromatic N) is 3. The van der Waals surface area contributed by atoms with Crippen molar-refractivity contribution in [2.75, 3.05) is 68.8 Å². The van der Waals surface area contributed by atoms with Gasteiger partial charge in [-0.05, 0) is 61.7 Å². The van der Waals surface area contributed by atoms with E-state index in [1.807, 2.05) is 0 Å². The van der Waals surface area contributed by atoms with Crippen LogP contribution in [-0.4, -0.2) is 87.8 Å². The second-order valence-electron chi connectivity index (χ2n) is 10.6. The van der Waals surface area contributed by atoms with Crippen molar-refractivity contribution in [1.29, 1.82) is 0 Å². The molecule has 0 saturated carbocycles. The molecule has 3 heterocycles. The molecule has 0 aliphatic carbocycles. The van der Waals surface area contributed by atoms with E-state index < -0.39 is 17.6 Å². The van der Waals surface area contributed by atoms with Crippen LogP contribution in [0.4, 0.5) is 24.5 Å². The number of carbonyl (C=O) groups excluding carboxylic acids is 2. The molecule has 11 heteroatoms. The third kappa shape index (κ3) is 7.06. The fraction of sp³-hybridized carbons (Fsp3) is 0.517. The predicted octanol–water partition coefficient (Wildman–Crippen LogP) is 3.13. The number of hydrogen-bond acceptors (Lipinski definition) is 6. The molecule has 40 heavy (non-hydrogen) atoms. The molecule has 8 nitrogen and oxygen atoms in total. The predicted molar refractivity (Wildman–Crippen MR) is 147 cm³/mol. The van der Waals surface area contributed by atoms with Crippen LogP contribution in [0, 0.1) is 0 Å². The van der Waals surface area contributed by atoms with E-state index in [2.05, 4.69) is 49.6 Å². The summed E-state index contributed by atoms with van der Waals surface area (Å²) in [6, 6.07) is 13.4. The van der Waals surface area contributed by atoms with Gasteiger partial charge in [0.25, 0.3) is 5.91 Å². The van der Waals surface area contributed by atoms with Gasteiger partial charge in [0, 0.05) is 68.3 Å². The van der Waals surface area contributed by atoms with Crippen molar-refractivity contribution in [3.05, 3.63) is 59.7 Å². The van der Waals surface area contributed by atoms with Gasteiger partial charge in [0.2, 0.25) is 5.91 Å². The number of benzene rings is 2. The van der Waals surface area contributed by atoms with Gasteiger partial charge in [-0.25, -0.2) is 0 Å². The number of amides is 2. The summed E-state index contributed by atoms with van der Waals surface area (Å²) in [6.07, 6.45) is -1.60. The molecule has 3 saturated heterocycles. The quantitative estimate of drug-likeness (QED) is 0.543. The summed E-state index contributed by atoms with van der Waals surface area (Å²) in [5.74, 6) is -1.06. The van der Waals surface area contributed by atoms with Crippen molar-refractivity contribution >= 4 is 23.2 Å². The van der Waals surface area contributed by atoms with Gasteiger partial charge in [0.05, 0.1) is 25.3 Å². The Bertz CT molecular complexity index is 1160. The summed E-state index contributed by atoms with van der Waals surface area (Å²) in [6.45, 7) is 6.74. The van der Waals surface area contributed by atoms with Crippen LogP contribution in [-0.2, 0) is 15.7 Å². The first-order valence-corrected chi connectivity index (χ1v) is 13.9. The van der Waals surface area contributed by atoms with Crippen LogP contribution in [0.5, 0.6) is 0 Å². The van der Waals surface area contributed by atoms with Crippen molar-refractivity contribution in [2.24, 2.45) is 0 Å². The van der Waals surface area contributed by atoms with Crippen molar-refractivity contribution in [3.63, 3.8) is 0 Å². The Balaban J connectivity index is 1.03. The minimum absolute atomic E-state index is 0.0104. The Labute approximate surface area is 232 Å². The molecule has 2 aromatic carbocycles. The smallest absolute Gasteiger partial charge is 0.378 e. The van der Waals surface area contributed by atoms with E-state index in [9.17, 15) is 22.8 Å². The number of halogens is 3. The standard InChI is InChI=1S/C29H36F3N5O3/c30-29(31,32)22-3-1-2-21(18-22)28(39)33-19-27(38)34-23-8-11-37(20-23)26-9-12-35(13-10-26)24-4-6-25(7-5-24)36-14-16-40-17-15-36/h1-7,18,23,26H,8-17,19-20H2,(H,33,39)(H,34,38)/t23-/m1/s1. The summed E-state index contributed by atoms with van der Waals surface area (Å²) >= 11 is 0. The van der Waals surface area contributed by atoms with Crippen molar-refractivity contribution in [3.8, 4) is 0 Å². The molecule has 2 aromatic rings. The van der Waals surface area contributed by atoms with Crippen molar-refractivity contribution in [2.45, 2.75) is 37.5 Å². The van der Waals surface area contributed by atoms with Gasteiger partial charge in [0.15, 0.2) is 0 Å². The van der Waals surface area contributed by atoms with E-state index in [-0.39, 0.29) is 24.1 Å². The molecule has 3 fully saturated rings. The van der Waals surface area contributed by atoms with Crippen LogP contribution < -0.4 is 20.4 Å². The van der Waals surface area contributed by atoms with Crippen LogP contribution in [0.2, 0.25) is 0 Å². The fourth-order valence-corrected chi connectivity index (χ4v) is 5.80. The summed E-state index contributed by atoms with van der Waals surface area (Å²) in [7, 11) is 0. The van der Waals surface area contributed by atoms with Gasteiger partial charge in [-0.2, -0.15) is 13.2 Å². The minimum atomic E-state index is -4.53. The second-order valence-corrected chi connectivity index (χ2v) is 10.6. The number of rotatable bonds is 7. The fourth-order valence-electron chi connectivity index (χ4n) is 5.80. The van der Waals surface area contributed by atoms with E-state index >= 15 is 0 Å². The first-order valence-electron chi connectivity index (χ1n) is 13.9. The van der Waals surface area contributed by atoms with Crippen molar-refractivity contribution < 1.29 is 27.5 Å². The summed E-state index contributed by atoms with van der Waals surface area (Å²) in [5.41, 5.74) is 1.45. The van der Waals surface area contributed by atoms with Gasteiger partial charge in [-0.1, -0.05) is 6.07 Å². The number of hydrogen-bond donors (Lipinski definition) is 2. The van der Waals surface area contributed by atoms with E-state index in [0.717, 1.165) is 83.9 Å². The highest BCUT2D eigenvalue weighted by atomic mass is 19.4. The highest BCUT2D eigenvalue weighted by molar-refractivity contribution is 5.96. The molecule has 3 aliphatic heterocycles. The average molecular weight is 560 g/mol. The van der Waals surface area contributed by atoms with E-state index in [0.29, 0.717) is 6.04 Å². The topological polar surface area (TPSA) is 77.2 Å². The lowest BCUT2D eigenvalue weighted by Gasteiger charge is -2.38. The molecule has 0 spiro atoms. The first-order chi connectivity index (χ1) is 19.3. The molecule has 5 rings (SSSR count). The molecule has 1 atom stereocenters. The molecule has 3 aliphatic rings. The maximum Gasteiger partial charge on any atom is 0.416 e. The molecule has 0 unspecified atom stereocenters. The lowest BCUT2D eigenvalue weighted by molar-refractivity contribution is -0.137. The third-order valence-electron chi connectivity index (χ3n) is 8.02. The van der Waals surface area contributed by atoms with E-state index in [1.165, 1.54) is 23.5 Å². The van der Waals surface area contributed by atoms with Gasteiger partial charge < -0.3 is 25.2 Å². The van der Waals surface area contributed by atoms with Crippen molar-refractivity contribution in [1.82, 2.24) is 15.5 Å². The molecule has 0 bridgehead atoms. The summed E-state index contributed by atoms with van der Waals surface area (Å²) in [4.78, 5) is 31.9. The van der Waals surface area contributed by atoms with Crippen LogP contribution in [0.15, 0.2) is 48.5 Å². The highest BCUT2D eigenvalue weighted by Crippen LogP contribution is 2.30. The van der Waals surface area contributed by atoms with Gasteiger partial charge in [-0.3, -0.25) is 14.5 Å². The lowest BCUT2D eigenvalue weighted by atomic mass is 10.0. The Kier molecular flexibility index (Phi) is 8.80. The highest BCUT2D eigenvalue weighted by Gasteiger charge is 2.32. The number of alkyl halides is 3. The van der Waals surface area contributed by atoms with Crippen LogP contribution in [0.1, 0.15) is 35.2 Å². The second kappa shape index (κ2) is 12.5. The maximum atomic E-state index is 12.9. The van der Waals surface area contributed by atoms with Crippen LogP contribution in [0.3, 0.4) is 0 Å². The molecule has 0 aromatic heterocycles. The number of carbonyl (C=O) groups is 2. The zero-order chi connectivity index (χ0) is 28.1. The summed E-state index contributed by atoms with van der Waals surface area (Å²) in [5, 5.41) is 5.38. The normalized spacial score (nSPS) is 20.9. The lowest BCUT2D eigenvalue weighted by Crippen LogP contribution is -2.46. The number of likely N-dealkylation sites (tertiary alicyclic amines) is 1. The zero-order valence-electron chi connectivity index (χ0n) is 22.5. The van der Waals surface area contributed by atoms with Gasteiger partial charge in [-0.15, -0.1) is 0 Å². The third-order valence-corrected chi connectivity index (χ3v) is 8.02. The van der Waals surface area contributed by atoms with E-state index in [1.54, 1.807) is 0 Å². The van der Waals surface area contributed by atoms with Crippen LogP contribution >= 0.6 is 0 Å². The maximum absolute atomic E-state index is 12.9. The number of morpholine rings is 1. The number of nitrogens with one attached hydrogen (secondary N) is 2.